The Morgan fingerprint density at radius 3 is 2.74 bits per heavy atom. The second-order valence-electron chi connectivity index (χ2n) is 3.90. The van der Waals surface area contributed by atoms with Crippen LogP contribution in [0.4, 0.5) is 5.69 Å². The zero-order chi connectivity index (χ0) is 14.0. The molecule has 19 heavy (non-hydrogen) atoms. The molecule has 0 bridgehead atoms. The van der Waals surface area contributed by atoms with Crippen molar-refractivity contribution in [3.05, 3.63) is 39.8 Å². The number of nitrogen functional groups attached to an aromatic ring is 1. The number of thiophene rings is 1. The van der Waals surface area contributed by atoms with Gasteiger partial charge in [0.2, 0.25) is 10.0 Å². The Kier molecular flexibility index (Phi) is 4.10. The monoisotopic (exact) mass is 317 g/mol. The Morgan fingerprint density at radius 2 is 2.16 bits per heavy atom. The van der Waals surface area contributed by atoms with Crippen LogP contribution in [0, 0.1) is 0 Å². The van der Waals surface area contributed by atoms with Crippen LogP contribution in [0.3, 0.4) is 0 Å². The van der Waals surface area contributed by atoms with Gasteiger partial charge in [0.05, 0.1) is 16.1 Å². The SMILES string of the molecule is CC(NS(=O)(=O)c1cnccc1N)c1ccc(Cl)s1. The molecule has 0 radical (unpaired) electrons. The maximum absolute atomic E-state index is 12.2. The average Bonchev–Trinajstić information content (AvgIpc) is 2.76. The molecule has 0 spiro atoms. The fourth-order valence-electron chi connectivity index (χ4n) is 1.53. The van der Waals surface area contributed by atoms with Gasteiger partial charge in [0.15, 0.2) is 0 Å². The maximum atomic E-state index is 12.2. The third-order valence-corrected chi connectivity index (χ3v) is 5.46. The molecular formula is C11H12ClN3O2S2. The van der Waals surface area contributed by atoms with Crippen molar-refractivity contribution in [2.75, 3.05) is 5.73 Å². The lowest BCUT2D eigenvalue weighted by atomic mass is 10.3. The molecule has 102 valence electrons. The van der Waals surface area contributed by atoms with Gasteiger partial charge in [-0.25, -0.2) is 13.1 Å². The van der Waals surface area contributed by atoms with E-state index in [1.54, 1.807) is 19.1 Å². The van der Waals surface area contributed by atoms with Crippen LogP contribution in [-0.2, 0) is 10.0 Å². The van der Waals surface area contributed by atoms with Crippen molar-refractivity contribution in [1.82, 2.24) is 9.71 Å². The van der Waals surface area contributed by atoms with Gasteiger partial charge in [-0.05, 0) is 25.1 Å². The highest BCUT2D eigenvalue weighted by Crippen LogP contribution is 2.28. The van der Waals surface area contributed by atoms with E-state index in [4.69, 9.17) is 17.3 Å². The fourth-order valence-corrected chi connectivity index (χ4v) is 3.97. The summed E-state index contributed by atoms with van der Waals surface area (Å²) in [6.07, 6.45) is 2.67. The van der Waals surface area contributed by atoms with Gasteiger partial charge in [-0.3, -0.25) is 4.98 Å². The number of rotatable bonds is 4. The highest BCUT2D eigenvalue weighted by atomic mass is 35.5. The number of pyridine rings is 1. The van der Waals surface area contributed by atoms with Crippen LogP contribution in [0.25, 0.3) is 0 Å². The zero-order valence-corrected chi connectivity index (χ0v) is 12.4. The topological polar surface area (TPSA) is 85.1 Å². The molecule has 5 nitrogen and oxygen atoms in total. The number of hydrogen-bond donors (Lipinski definition) is 2. The minimum Gasteiger partial charge on any atom is -0.398 e. The van der Waals surface area contributed by atoms with Crippen LogP contribution in [0.1, 0.15) is 17.8 Å². The Morgan fingerprint density at radius 1 is 1.42 bits per heavy atom. The van der Waals surface area contributed by atoms with E-state index >= 15 is 0 Å². The highest BCUT2D eigenvalue weighted by molar-refractivity contribution is 7.89. The van der Waals surface area contributed by atoms with Gasteiger partial charge in [0.1, 0.15) is 4.90 Å². The molecular weight excluding hydrogens is 306 g/mol. The summed E-state index contributed by atoms with van der Waals surface area (Å²) in [7, 11) is -3.70. The van der Waals surface area contributed by atoms with Crippen LogP contribution in [0.15, 0.2) is 35.5 Å². The summed E-state index contributed by atoms with van der Waals surface area (Å²) >= 11 is 7.16. The molecule has 2 aromatic rings. The van der Waals surface area contributed by atoms with Gasteiger partial charge in [-0.2, -0.15) is 0 Å². The molecule has 0 aromatic carbocycles. The summed E-state index contributed by atoms with van der Waals surface area (Å²) < 4.78 is 27.5. The standard InChI is InChI=1S/C11H12ClN3O2S2/c1-7(9-2-3-11(12)18-9)15-19(16,17)10-6-14-5-4-8(10)13/h2-7,15H,1H3,(H2,13,14). The molecule has 2 rings (SSSR count). The van der Waals surface area contributed by atoms with E-state index in [0.29, 0.717) is 4.34 Å². The van der Waals surface area contributed by atoms with Crippen LogP contribution in [0.2, 0.25) is 4.34 Å². The minimum absolute atomic E-state index is 0.0236. The lowest BCUT2D eigenvalue weighted by Crippen LogP contribution is -2.27. The third kappa shape index (κ3) is 3.24. The second kappa shape index (κ2) is 5.46. The molecule has 1 unspecified atom stereocenters. The molecule has 1 atom stereocenters. The summed E-state index contributed by atoms with van der Waals surface area (Å²) in [5.74, 6) is 0. The van der Waals surface area contributed by atoms with E-state index in [-0.39, 0.29) is 16.6 Å². The highest BCUT2D eigenvalue weighted by Gasteiger charge is 2.21. The van der Waals surface area contributed by atoms with E-state index in [1.807, 2.05) is 0 Å². The third-order valence-electron chi connectivity index (χ3n) is 2.46. The summed E-state index contributed by atoms with van der Waals surface area (Å²) in [6, 6.07) is 4.57. The molecule has 0 aliphatic heterocycles. The molecule has 0 aliphatic carbocycles. The van der Waals surface area contributed by atoms with Crippen molar-refractivity contribution < 1.29 is 8.42 Å². The summed E-state index contributed by atoms with van der Waals surface area (Å²) in [4.78, 5) is 4.58. The van der Waals surface area contributed by atoms with Crippen molar-refractivity contribution in [2.45, 2.75) is 17.9 Å². The van der Waals surface area contributed by atoms with E-state index < -0.39 is 10.0 Å². The van der Waals surface area contributed by atoms with Crippen molar-refractivity contribution >= 4 is 38.6 Å². The van der Waals surface area contributed by atoms with Gasteiger partial charge < -0.3 is 5.73 Å². The van der Waals surface area contributed by atoms with Crippen molar-refractivity contribution in [2.24, 2.45) is 0 Å². The number of sulfonamides is 1. The molecule has 3 N–H and O–H groups in total. The van der Waals surface area contributed by atoms with E-state index in [2.05, 4.69) is 9.71 Å². The first-order chi connectivity index (χ1) is 8.90. The quantitative estimate of drug-likeness (QED) is 0.907. The van der Waals surface area contributed by atoms with Crippen LogP contribution < -0.4 is 10.5 Å². The molecule has 0 aliphatic rings. The molecule has 0 saturated carbocycles. The molecule has 0 saturated heterocycles. The van der Waals surface area contributed by atoms with Gasteiger partial charge in [-0.15, -0.1) is 11.3 Å². The van der Waals surface area contributed by atoms with Gasteiger partial charge in [0, 0.05) is 17.3 Å². The number of nitrogens with one attached hydrogen (secondary N) is 1. The normalized spacial score (nSPS) is 13.4. The van der Waals surface area contributed by atoms with E-state index in [1.165, 1.54) is 29.8 Å². The van der Waals surface area contributed by atoms with E-state index in [0.717, 1.165) is 4.88 Å². The van der Waals surface area contributed by atoms with E-state index in [9.17, 15) is 8.42 Å². The number of nitrogens with zero attached hydrogens (tertiary/aromatic N) is 1. The largest absolute Gasteiger partial charge is 0.398 e. The van der Waals surface area contributed by atoms with Crippen molar-refractivity contribution in [1.29, 1.82) is 0 Å². The summed E-state index contributed by atoms with van der Waals surface area (Å²) in [6.45, 7) is 1.74. The second-order valence-corrected chi connectivity index (χ2v) is 7.33. The number of anilines is 1. The summed E-state index contributed by atoms with van der Waals surface area (Å²) in [5, 5.41) is 0. The van der Waals surface area contributed by atoms with Crippen LogP contribution >= 0.6 is 22.9 Å². The van der Waals surface area contributed by atoms with Gasteiger partial charge >= 0.3 is 0 Å². The first-order valence-corrected chi connectivity index (χ1v) is 8.05. The van der Waals surface area contributed by atoms with Gasteiger partial charge in [0.25, 0.3) is 0 Å². The maximum Gasteiger partial charge on any atom is 0.244 e. The smallest absolute Gasteiger partial charge is 0.244 e. The molecule has 8 heteroatoms. The number of nitrogens with two attached hydrogens (primary N) is 1. The molecule has 2 aromatic heterocycles. The van der Waals surface area contributed by atoms with Crippen LogP contribution in [-0.4, -0.2) is 13.4 Å². The fraction of sp³-hybridized carbons (Fsp3) is 0.182. The van der Waals surface area contributed by atoms with Crippen LogP contribution in [0.5, 0.6) is 0 Å². The molecule has 0 amide bonds. The molecule has 2 heterocycles. The first-order valence-electron chi connectivity index (χ1n) is 5.37. The Labute approximate surface area is 120 Å². The number of halogens is 1. The van der Waals surface area contributed by atoms with Gasteiger partial charge in [-0.1, -0.05) is 11.6 Å². The lowest BCUT2D eigenvalue weighted by Gasteiger charge is -2.13. The summed E-state index contributed by atoms with van der Waals surface area (Å²) in [5.41, 5.74) is 5.81. The number of aromatic nitrogens is 1. The van der Waals surface area contributed by atoms with Crippen molar-refractivity contribution in [3.63, 3.8) is 0 Å². The minimum atomic E-state index is -3.70. The lowest BCUT2D eigenvalue weighted by molar-refractivity contribution is 0.568. The predicted octanol–water partition coefficient (Wildman–Crippen LogP) is 2.42. The number of hydrogen-bond acceptors (Lipinski definition) is 5. The average molecular weight is 318 g/mol. The predicted molar refractivity (Wildman–Crippen MR) is 76.7 cm³/mol. The Balaban J connectivity index is 2.25. The Hall–Kier alpha value is -1.15. The Bertz CT molecular complexity index is 685. The first kappa shape index (κ1) is 14.3. The zero-order valence-electron chi connectivity index (χ0n) is 10.00. The van der Waals surface area contributed by atoms with Crippen molar-refractivity contribution in [3.8, 4) is 0 Å². The molecule has 0 fully saturated rings.